The number of fused-ring (bicyclic) bond motifs is 1. The minimum Gasteiger partial charge on any atom is -0.393 e. The number of alkyl halides is 38. The molecule has 3 heterocycles. The van der Waals surface area contributed by atoms with E-state index in [9.17, 15) is 114 Å². The molecule has 1 aliphatic rings. The predicted octanol–water partition coefficient (Wildman–Crippen LogP) is 25.9. The molecule has 2 aromatic heterocycles. The minimum absolute atomic E-state index is 0.0418. The number of hydrogen-bond acceptors (Lipinski definition) is 12. The summed E-state index contributed by atoms with van der Waals surface area (Å²) in [6.07, 6.45) is -61.8. The molecule has 0 fully saturated rings. The molecule has 7 aromatic carbocycles. The van der Waals surface area contributed by atoms with Crippen LogP contribution in [-0.4, -0.2) is 102 Å². The standard InChI is InChI=1S/C62H10F54N10O2/c63-21-17(47(79,80)81)22(64)30(72)37(29(21)71)125(38-31(73)23(65)18(48(82,83)84)24(66)32(38)74)42-117-41(118-43(119-42)126(39-33(75)25(67)19(49(85,86)87)26(68)34(39)76)40-35(77)27(69)20(50(88,89)90)28(70)36(40)78)123-12-7-1-2-8-13(12)124(15-10-4-6-11-5-3-9-14(123)16(11)15)44-120-45(127-61(113,114)57(103,104)53(95,96)51(91,92)55(99,100)59(107,108)109)122-46(121-44)128-62(115,116)58(105,106)54(97,98)52(93,94)56(101,102)60(110,111)112/h1-10H. The van der Waals surface area contributed by atoms with E-state index in [-0.39, 0.29) is 36.4 Å². The third kappa shape index (κ3) is 14.6. The van der Waals surface area contributed by atoms with Crippen molar-refractivity contribution < 1.29 is 247 Å². The van der Waals surface area contributed by atoms with Gasteiger partial charge in [0.2, 0.25) is 23.8 Å². The smallest absolute Gasteiger partial charge is 0.393 e. The number of para-hydroxylation sites is 2. The molecule has 0 radical (unpaired) electrons. The maximum absolute atomic E-state index is 17.0. The van der Waals surface area contributed by atoms with Gasteiger partial charge in [0.25, 0.3) is 0 Å². The predicted molar refractivity (Wildman–Crippen MR) is 305 cm³/mol. The third-order valence-corrected chi connectivity index (χ3v) is 16.9. The quantitative estimate of drug-likeness (QED) is 0.0535. The first kappa shape index (κ1) is 98.0. The van der Waals surface area contributed by atoms with E-state index >= 15 is 123 Å². The molecule has 66 heteroatoms. The normalized spacial score (nSPS) is 14.3. The van der Waals surface area contributed by atoms with Gasteiger partial charge in [-0.25, -0.2) is 70.2 Å². The molecule has 698 valence electrons. The Bertz CT molecular complexity index is 5410. The zero-order valence-corrected chi connectivity index (χ0v) is 57.5. The fraction of sp³-hybridized carbons (Fsp3) is 0.258. The van der Waals surface area contributed by atoms with Gasteiger partial charge in [-0.2, -0.15) is 192 Å². The Morgan fingerprint density at radius 2 is 0.445 bits per heavy atom. The number of benzene rings is 7. The monoisotopic (exact) mass is 1950 g/mol. The molecule has 0 bridgehead atoms. The Morgan fingerprint density at radius 3 is 0.672 bits per heavy atom. The van der Waals surface area contributed by atoms with Crippen molar-refractivity contribution in [3.8, 4) is 12.0 Å². The maximum atomic E-state index is 17.0. The Morgan fingerprint density at radius 1 is 0.227 bits per heavy atom. The lowest BCUT2D eigenvalue weighted by Crippen LogP contribution is -2.71. The van der Waals surface area contributed by atoms with Crippen molar-refractivity contribution in [3.63, 3.8) is 0 Å². The average molecular weight is 1950 g/mol. The van der Waals surface area contributed by atoms with E-state index in [1.54, 1.807) is 4.98 Å². The van der Waals surface area contributed by atoms with Crippen molar-refractivity contribution >= 4 is 80.1 Å². The summed E-state index contributed by atoms with van der Waals surface area (Å²) in [6.45, 7) is 0. The van der Waals surface area contributed by atoms with Crippen LogP contribution in [0.5, 0.6) is 12.0 Å². The average Bonchev–Trinajstić information content (AvgIpc) is 0.952. The number of halogens is 54. The minimum atomic E-state index is -9.21. The maximum Gasteiger partial charge on any atom is 0.473 e. The van der Waals surface area contributed by atoms with Gasteiger partial charge in [-0.15, -0.1) is 4.98 Å². The second-order valence-corrected chi connectivity index (χ2v) is 24.7. The summed E-state index contributed by atoms with van der Waals surface area (Å²) in [5.41, 5.74) is -39.6. The molecule has 0 saturated carbocycles. The van der Waals surface area contributed by atoms with Gasteiger partial charge in [-0.05, 0) is 29.7 Å². The molecule has 12 nitrogen and oxygen atoms in total. The molecule has 0 unspecified atom stereocenters. The van der Waals surface area contributed by atoms with E-state index in [1.165, 1.54) is 0 Å². The highest BCUT2D eigenvalue weighted by Gasteiger charge is 2.94. The molecular weight excluding hydrogens is 1940 g/mol. The van der Waals surface area contributed by atoms with Gasteiger partial charge in [-0.3, -0.25) is 19.6 Å². The number of anilines is 12. The van der Waals surface area contributed by atoms with Crippen LogP contribution in [0.4, 0.5) is 306 Å². The van der Waals surface area contributed by atoms with Crippen LogP contribution in [0.3, 0.4) is 0 Å². The van der Waals surface area contributed by atoms with Crippen LogP contribution in [0.1, 0.15) is 22.3 Å². The van der Waals surface area contributed by atoms with Crippen molar-refractivity contribution in [1.82, 2.24) is 29.9 Å². The summed E-state index contributed by atoms with van der Waals surface area (Å²) in [5, 5.41) is -2.75. The van der Waals surface area contributed by atoms with Crippen molar-refractivity contribution in [3.05, 3.63) is 176 Å². The first-order valence-electron chi connectivity index (χ1n) is 31.0. The number of aromatic nitrogens is 6. The summed E-state index contributed by atoms with van der Waals surface area (Å²) >= 11 is 0. The van der Waals surface area contributed by atoms with Crippen LogP contribution in [0.15, 0.2) is 60.7 Å². The molecule has 10 rings (SSSR count). The van der Waals surface area contributed by atoms with E-state index in [1.807, 2.05) is 0 Å². The Kier molecular flexibility index (Phi) is 23.2. The van der Waals surface area contributed by atoms with Gasteiger partial charge in [0.1, 0.15) is 45.0 Å². The van der Waals surface area contributed by atoms with E-state index in [0.29, 0.717) is 24.3 Å². The van der Waals surface area contributed by atoms with Gasteiger partial charge >= 0.3 is 109 Å². The van der Waals surface area contributed by atoms with Crippen LogP contribution in [0.2, 0.25) is 0 Å². The molecule has 0 amide bonds. The summed E-state index contributed by atoms with van der Waals surface area (Å²) in [5.74, 6) is -153. The lowest BCUT2D eigenvalue weighted by molar-refractivity contribution is -0.457. The van der Waals surface area contributed by atoms with Crippen molar-refractivity contribution in [2.45, 2.75) is 96.7 Å². The van der Waals surface area contributed by atoms with Crippen LogP contribution >= 0.6 is 0 Å². The fourth-order valence-electron chi connectivity index (χ4n) is 11.1. The second kappa shape index (κ2) is 30.2. The topological polar surface area (TPSA) is 109 Å². The summed E-state index contributed by atoms with van der Waals surface area (Å²) in [7, 11) is 0. The summed E-state index contributed by atoms with van der Waals surface area (Å²) in [6, 6.07) is -6.32. The Balaban J connectivity index is 1.44. The van der Waals surface area contributed by atoms with E-state index in [0.717, 1.165) is 0 Å². The Labute approximate surface area is 660 Å². The highest BCUT2D eigenvalue weighted by atomic mass is 19.5. The van der Waals surface area contributed by atoms with Crippen LogP contribution in [0, 0.1) is 93.1 Å². The molecule has 9 aromatic rings. The van der Waals surface area contributed by atoms with Crippen LogP contribution in [-0.2, 0) is 24.7 Å². The van der Waals surface area contributed by atoms with Crippen molar-refractivity contribution in [1.29, 1.82) is 0 Å². The molecule has 0 saturated heterocycles. The van der Waals surface area contributed by atoms with Gasteiger partial charge < -0.3 is 9.47 Å². The molecule has 0 N–H and O–H groups in total. The SMILES string of the molecule is Fc1c(F)c(C(F)(F)F)c(F)c(F)c1N(c1nc(N(c2c(F)c(F)c(C(F)(F)F)c(F)c2F)c2c(F)c(F)c(C(F)(F)F)c(F)c2F)nc(N2c3ccccc3N(c3nc(OC(F)(F)C(F)(F)C(F)(F)C(F)(F)C(F)(F)C(F)(F)F)nc(OC(F)(F)C(F)(F)C(F)(F)C(F)(F)C(F)(F)C(F)(F)F)n3)c3cccc4cccc2c34)n1)c1c(F)c(F)c(C(F)(F)F)c(F)c1F. The molecule has 0 aliphatic carbocycles. The van der Waals surface area contributed by atoms with Gasteiger partial charge in [0, 0.05) is 5.39 Å². The number of nitrogens with zero attached hydrogens (tertiary/aromatic N) is 10. The Hall–Kier alpha value is -12.2. The van der Waals surface area contributed by atoms with Crippen molar-refractivity contribution in [2.24, 2.45) is 0 Å². The molecular formula is C62H10F54N10O2. The highest BCUT2D eigenvalue weighted by Crippen LogP contribution is 2.65. The number of ether oxygens (including phenoxy) is 2. The van der Waals surface area contributed by atoms with Crippen LogP contribution in [0.25, 0.3) is 10.8 Å². The zero-order chi connectivity index (χ0) is 97.8. The molecule has 0 atom stereocenters. The lowest BCUT2D eigenvalue weighted by atomic mass is 9.97. The first-order chi connectivity index (χ1) is 57.6. The molecule has 128 heavy (non-hydrogen) atoms. The summed E-state index contributed by atoms with van der Waals surface area (Å²) in [4.78, 5) is 9.32. The van der Waals surface area contributed by atoms with Crippen LogP contribution < -0.4 is 29.1 Å². The highest BCUT2D eigenvalue weighted by molar-refractivity contribution is 6.12. The van der Waals surface area contributed by atoms with Crippen molar-refractivity contribution in [2.75, 3.05) is 19.6 Å². The van der Waals surface area contributed by atoms with Gasteiger partial charge in [0.15, 0.2) is 93.1 Å². The number of hydrogen-bond donors (Lipinski definition) is 0. The summed E-state index contributed by atoms with van der Waals surface area (Å²) < 4.78 is 820. The zero-order valence-electron chi connectivity index (χ0n) is 57.5. The lowest BCUT2D eigenvalue weighted by Gasteiger charge is -2.39. The number of rotatable bonds is 20. The van der Waals surface area contributed by atoms with E-state index in [2.05, 4.69) is 34.4 Å². The molecule has 1 aliphatic heterocycles. The van der Waals surface area contributed by atoms with Gasteiger partial charge in [0.05, 0.1) is 22.7 Å². The molecule has 0 spiro atoms. The first-order valence-corrected chi connectivity index (χ1v) is 31.0. The van der Waals surface area contributed by atoms with E-state index < -0.39 is 324 Å². The van der Waals surface area contributed by atoms with Gasteiger partial charge in [-0.1, -0.05) is 36.4 Å². The third-order valence-electron chi connectivity index (χ3n) is 16.9. The second-order valence-electron chi connectivity index (χ2n) is 24.7. The van der Waals surface area contributed by atoms with E-state index in [4.69, 9.17) is 0 Å². The largest absolute Gasteiger partial charge is 0.473 e. The fourth-order valence-corrected chi connectivity index (χ4v) is 11.1.